The molecule has 1 aliphatic heterocycles. The molecule has 1 saturated heterocycles. The van der Waals surface area contributed by atoms with Gasteiger partial charge in [-0.05, 0) is 31.6 Å². The van der Waals surface area contributed by atoms with Crippen LogP contribution in [0, 0.1) is 5.41 Å². The van der Waals surface area contributed by atoms with Crippen molar-refractivity contribution in [1.82, 2.24) is 4.90 Å². The highest BCUT2D eigenvalue weighted by molar-refractivity contribution is 5.93. The second-order valence-corrected chi connectivity index (χ2v) is 5.82. The zero-order valence-electron chi connectivity index (χ0n) is 13.5. The fourth-order valence-electron chi connectivity index (χ4n) is 2.55. The van der Waals surface area contributed by atoms with E-state index in [1.54, 1.807) is 50.3 Å². The molecule has 0 aliphatic carbocycles. The van der Waals surface area contributed by atoms with E-state index in [1.165, 1.54) is 6.08 Å². The Balaban J connectivity index is 2.09. The van der Waals surface area contributed by atoms with E-state index >= 15 is 0 Å². The first-order valence-corrected chi connectivity index (χ1v) is 7.32. The average Bonchev–Trinajstić information content (AvgIpc) is 2.96. The topological polar surface area (TPSA) is 76.1 Å². The summed E-state index contributed by atoms with van der Waals surface area (Å²) in [5.41, 5.74) is -0.108. The number of rotatable bonds is 5. The lowest BCUT2D eigenvalue weighted by Gasteiger charge is -2.19. The third kappa shape index (κ3) is 3.64. The molecule has 2 rings (SSSR count). The summed E-state index contributed by atoms with van der Waals surface area (Å²) in [6.45, 7) is 2.34. The van der Waals surface area contributed by atoms with Crippen LogP contribution in [0.3, 0.4) is 0 Å². The van der Waals surface area contributed by atoms with Crippen molar-refractivity contribution in [1.29, 1.82) is 0 Å². The average molecular weight is 319 g/mol. The van der Waals surface area contributed by atoms with Crippen molar-refractivity contribution in [2.24, 2.45) is 5.41 Å². The van der Waals surface area contributed by atoms with Crippen LogP contribution in [0.4, 0.5) is 0 Å². The van der Waals surface area contributed by atoms with Gasteiger partial charge in [0.25, 0.3) is 0 Å². The lowest BCUT2D eigenvalue weighted by molar-refractivity contribution is -0.147. The van der Waals surface area contributed by atoms with Gasteiger partial charge in [-0.2, -0.15) is 0 Å². The minimum atomic E-state index is -0.867. The van der Waals surface area contributed by atoms with Crippen LogP contribution in [0.15, 0.2) is 24.3 Å². The molecule has 1 fully saturated rings. The molecule has 124 valence electrons. The van der Waals surface area contributed by atoms with E-state index in [4.69, 9.17) is 9.47 Å². The highest BCUT2D eigenvalue weighted by Crippen LogP contribution is 2.30. The van der Waals surface area contributed by atoms with Gasteiger partial charge in [-0.15, -0.1) is 0 Å². The van der Waals surface area contributed by atoms with Crippen LogP contribution in [0.25, 0.3) is 6.08 Å². The number of carboxylic acid groups (broad SMARTS) is 1. The third-order valence-electron chi connectivity index (χ3n) is 4.15. The molecule has 6 nitrogen and oxygen atoms in total. The highest BCUT2D eigenvalue weighted by Gasteiger charge is 2.41. The number of carboxylic acids is 1. The van der Waals surface area contributed by atoms with Gasteiger partial charge in [0, 0.05) is 30.8 Å². The van der Waals surface area contributed by atoms with Crippen LogP contribution in [-0.4, -0.2) is 49.2 Å². The van der Waals surface area contributed by atoms with Crippen LogP contribution in [0.5, 0.6) is 11.5 Å². The number of carbonyl (C=O) groups is 2. The van der Waals surface area contributed by atoms with Crippen molar-refractivity contribution in [3.05, 3.63) is 29.8 Å². The Labute approximate surface area is 135 Å². The summed E-state index contributed by atoms with van der Waals surface area (Å²) in [7, 11) is 3.12. The van der Waals surface area contributed by atoms with E-state index < -0.39 is 11.4 Å². The molecule has 0 radical (unpaired) electrons. The Kier molecular flexibility index (Phi) is 4.93. The van der Waals surface area contributed by atoms with Crippen LogP contribution < -0.4 is 9.47 Å². The molecule has 0 bridgehead atoms. The fourth-order valence-corrected chi connectivity index (χ4v) is 2.55. The first-order valence-electron chi connectivity index (χ1n) is 7.32. The van der Waals surface area contributed by atoms with Crippen LogP contribution in [0.1, 0.15) is 18.9 Å². The van der Waals surface area contributed by atoms with Gasteiger partial charge in [-0.3, -0.25) is 9.59 Å². The molecule has 1 atom stereocenters. The Morgan fingerprint density at radius 3 is 2.61 bits per heavy atom. The number of nitrogens with zero attached hydrogens (tertiary/aromatic N) is 1. The lowest BCUT2D eigenvalue weighted by atomic mass is 9.90. The van der Waals surface area contributed by atoms with Crippen molar-refractivity contribution < 1.29 is 24.2 Å². The Hall–Kier alpha value is -2.50. The predicted molar refractivity (Wildman–Crippen MR) is 85.5 cm³/mol. The minimum Gasteiger partial charge on any atom is -0.497 e. The van der Waals surface area contributed by atoms with Gasteiger partial charge >= 0.3 is 5.97 Å². The molecule has 1 N–H and O–H groups in total. The second kappa shape index (κ2) is 6.73. The van der Waals surface area contributed by atoms with Crippen molar-refractivity contribution in [3.63, 3.8) is 0 Å². The number of ether oxygens (including phenoxy) is 2. The number of benzene rings is 1. The molecule has 1 aromatic rings. The van der Waals surface area contributed by atoms with Crippen LogP contribution in [-0.2, 0) is 9.59 Å². The highest BCUT2D eigenvalue weighted by atomic mass is 16.5. The summed E-state index contributed by atoms with van der Waals surface area (Å²) < 4.78 is 10.4. The van der Waals surface area contributed by atoms with E-state index in [0.717, 1.165) is 5.56 Å². The third-order valence-corrected chi connectivity index (χ3v) is 4.15. The molecule has 1 aromatic carbocycles. The molecule has 0 spiro atoms. The van der Waals surface area contributed by atoms with Crippen molar-refractivity contribution in [2.75, 3.05) is 27.3 Å². The van der Waals surface area contributed by atoms with Gasteiger partial charge < -0.3 is 19.5 Å². The fraction of sp³-hybridized carbons (Fsp3) is 0.412. The lowest BCUT2D eigenvalue weighted by Crippen LogP contribution is -2.34. The molecule has 1 aliphatic rings. The standard InChI is InChI=1S/C17H21NO5/c1-17(16(20)21)8-9-18(11-17)15(19)7-5-12-4-6-13(22-2)10-14(12)23-3/h4-7,10H,8-9,11H2,1-3H3,(H,20,21). The smallest absolute Gasteiger partial charge is 0.311 e. The van der Waals surface area contributed by atoms with Crippen LogP contribution >= 0.6 is 0 Å². The number of aliphatic carboxylic acids is 1. The molecular formula is C17H21NO5. The molecular weight excluding hydrogens is 298 g/mol. The van der Waals surface area contributed by atoms with Gasteiger partial charge in [0.1, 0.15) is 11.5 Å². The first-order chi connectivity index (χ1) is 10.9. The number of amides is 1. The Morgan fingerprint density at radius 2 is 2.04 bits per heavy atom. The summed E-state index contributed by atoms with van der Waals surface area (Å²) >= 11 is 0. The molecule has 6 heteroatoms. The summed E-state index contributed by atoms with van der Waals surface area (Å²) in [5, 5.41) is 9.21. The number of methoxy groups -OCH3 is 2. The molecule has 23 heavy (non-hydrogen) atoms. The SMILES string of the molecule is COc1ccc(C=CC(=O)N2CCC(C)(C(=O)O)C2)c(OC)c1. The van der Waals surface area contributed by atoms with E-state index in [2.05, 4.69) is 0 Å². The van der Waals surface area contributed by atoms with E-state index in [-0.39, 0.29) is 12.5 Å². The molecule has 1 heterocycles. The summed E-state index contributed by atoms with van der Waals surface area (Å²) in [6, 6.07) is 5.32. The maximum absolute atomic E-state index is 12.2. The minimum absolute atomic E-state index is 0.201. The second-order valence-electron chi connectivity index (χ2n) is 5.82. The largest absolute Gasteiger partial charge is 0.497 e. The number of hydrogen-bond acceptors (Lipinski definition) is 4. The van der Waals surface area contributed by atoms with Crippen LogP contribution in [0.2, 0.25) is 0 Å². The Morgan fingerprint density at radius 1 is 1.30 bits per heavy atom. The molecule has 0 aromatic heterocycles. The molecule has 1 amide bonds. The molecule has 0 saturated carbocycles. The summed E-state index contributed by atoms with van der Waals surface area (Å²) in [4.78, 5) is 25.0. The molecule has 1 unspecified atom stereocenters. The van der Waals surface area contributed by atoms with Gasteiger partial charge in [0.2, 0.25) is 5.91 Å². The van der Waals surface area contributed by atoms with Gasteiger partial charge in [0.05, 0.1) is 19.6 Å². The zero-order chi connectivity index (χ0) is 17.0. The predicted octanol–water partition coefficient (Wildman–Crippen LogP) is 2.04. The van der Waals surface area contributed by atoms with E-state index in [9.17, 15) is 14.7 Å². The van der Waals surface area contributed by atoms with Gasteiger partial charge in [-0.25, -0.2) is 0 Å². The van der Waals surface area contributed by atoms with E-state index in [0.29, 0.717) is 24.5 Å². The van der Waals surface area contributed by atoms with E-state index in [1.807, 2.05) is 0 Å². The van der Waals surface area contributed by atoms with Crippen molar-refractivity contribution >= 4 is 18.0 Å². The zero-order valence-corrected chi connectivity index (χ0v) is 13.5. The maximum Gasteiger partial charge on any atom is 0.311 e. The quantitative estimate of drug-likeness (QED) is 0.841. The Bertz CT molecular complexity index is 640. The number of likely N-dealkylation sites (tertiary alicyclic amines) is 1. The maximum atomic E-state index is 12.2. The summed E-state index contributed by atoms with van der Waals surface area (Å²) in [5.74, 6) is 0.203. The van der Waals surface area contributed by atoms with Crippen molar-refractivity contribution in [3.8, 4) is 11.5 Å². The normalized spacial score (nSPS) is 20.7. The van der Waals surface area contributed by atoms with Gasteiger partial charge in [-0.1, -0.05) is 0 Å². The van der Waals surface area contributed by atoms with Crippen molar-refractivity contribution in [2.45, 2.75) is 13.3 Å². The van der Waals surface area contributed by atoms with Gasteiger partial charge in [0.15, 0.2) is 0 Å². The first kappa shape index (κ1) is 16.9. The summed E-state index contributed by atoms with van der Waals surface area (Å²) in [6.07, 6.45) is 3.57. The number of carbonyl (C=O) groups excluding carboxylic acids is 1. The monoisotopic (exact) mass is 319 g/mol. The number of hydrogen-bond donors (Lipinski definition) is 1.